The van der Waals surface area contributed by atoms with Gasteiger partial charge in [0.05, 0.1) is 5.56 Å². The second-order valence-corrected chi connectivity index (χ2v) is 6.72. The van der Waals surface area contributed by atoms with E-state index in [1.54, 1.807) is 0 Å². The van der Waals surface area contributed by atoms with E-state index in [-0.39, 0.29) is 5.56 Å². The molecule has 0 amide bonds. The zero-order chi connectivity index (χ0) is 22.3. The SMILES string of the molecule is C[C@]1(c2cc(CC(=O)c3ncc(C(F)(F)F)cn3)ccc2F)N=C(N)OCC1(F)F. The van der Waals surface area contributed by atoms with Crippen LogP contribution >= 0.6 is 0 Å². The minimum atomic E-state index is -4.67. The largest absolute Gasteiger partial charge is 0.459 e. The van der Waals surface area contributed by atoms with Crippen LogP contribution in [0.5, 0.6) is 0 Å². The fourth-order valence-corrected chi connectivity index (χ4v) is 2.84. The zero-order valence-corrected chi connectivity index (χ0v) is 15.3. The van der Waals surface area contributed by atoms with Gasteiger partial charge in [0.15, 0.2) is 18.0 Å². The van der Waals surface area contributed by atoms with Gasteiger partial charge in [-0.1, -0.05) is 6.07 Å². The number of rotatable bonds is 4. The summed E-state index contributed by atoms with van der Waals surface area (Å²) in [5.41, 5.74) is 1.45. The van der Waals surface area contributed by atoms with Crippen molar-refractivity contribution in [2.75, 3.05) is 6.61 Å². The van der Waals surface area contributed by atoms with Gasteiger partial charge in [-0.15, -0.1) is 0 Å². The summed E-state index contributed by atoms with van der Waals surface area (Å²) in [6, 6.07) is 2.54. The molecule has 1 aromatic heterocycles. The van der Waals surface area contributed by atoms with E-state index in [1.165, 1.54) is 6.07 Å². The van der Waals surface area contributed by atoms with Gasteiger partial charge in [0.1, 0.15) is 5.82 Å². The molecule has 2 aromatic rings. The number of aliphatic imine (C=N–C) groups is 1. The van der Waals surface area contributed by atoms with Gasteiger partial charge in [0, 0.05) is 24.4 Å². The molecule has 2 N–H and O–H groups in total. The van der Waals surface area contributed by atoms with Crippen molar-refractivity contribution in [3.63, 3.8) is 0 Å². The molecule has 30 heavy (non-hydrogen) atoms. The molecule has 1 aliphatic heterocycles. The third-order valence-electron chi connectivity index (χ3n) is 4.60. The minimum Gasteiger partial charge on any atom is -0.459 e. The summed E-state index contributed by atoms with van der Waals surface area (Å²) in [7, 11) is 0. The number of benzene rings is 1. The number of carbonyl (C=O) groups excluding carboxylic acids is 1. The lowest BCUT2D eigenvalue weighted by atomic mass is 9.84. The lowest BCUT2D eigenvalue weighted by Gasteiger charge is -2.37. The van der Waals surface area contributed by atoms with Crippen molar-refractivity contribution in [3.05, 3.63) is 58.9 Å². The van der Waals surface area contributed by atoms with Gasteiger partial charge in [-0.3, -0.25) is 4.79 Å². The van der Waals surface area contributed by atoms with Crippen molar-refractivity contribution in [2.45, 2.75) is 31.0 Å². The molecule has 12 heteroatoms. The molecule has 3 rings (SSSR count). The van der Waals surface area contributed by atoms with Crippen LogP contribution in [0.25, 0.3) is 0 Å². The predicted octanol–water partition coefficient (Wildman–Crippen LogP) is 3.26. The standard InChI is InChI=1S/C18H14F6N4O2/c1-16(17(20,21)8-30-15(25)28-16)11-4-9(2-3-12(11)19)5-13(29)14-26-6-10(7-27-14)18(22,23)24/h2-4,6-7H,5,8H2,1H3,(H2,25,28)/t16-/m1/s1. The highest BCUT2D eigenvalue weighted by atomic mass is 19.4. The highest BCUT2D eigenvalue weighted by Gasteiger charge is 2.56. The molecular weight excluding hydrogens is 418 g/mol. The topological polar surface area (TPSA) is 90.5 Å². The van der Waals surface area contributed by atoms with Crippen molar-refractivity contribution in [1.29, 1.82) is 0 Å². The second-order valence-electron chi connectivity index (χ2n) is 6.72. The first-order valence-corrected chi connectivity index (χ1v) is 8.41. The summed E-state index contributed by atoms with van der Waals surface area (Å²) in [6.07, 6.45) is -4.22. The molecule has 1 aromatic carbocycles. The zero-order valence-electron chi connectivity index (χ0n) is 15.3. The summed E-state index contributed by atoms with van der Waals surface area (Å²) in [6.45, 7) is -0.133. The second kappa shape index (κ2) is 7.26. The van der Waals surface area contributed by atoms with Crippen LogP contribution in [0, 0.1) is 5.82 Å². The molecule has 6 nitrogen and oxygen atoms in total. The molecule has 0 saturated carbocycles. The Morgan fingerprint density at radius 1 is 1.23 bits per heavy atom. The molecule has 0 spiro atoms. The number of Topliss-reactive ketones (excluding diaryl/α,β-unsaturated/α-hetero) is 1. The molecule has 1 aliphatic rings. The molecule has 0 bridgehead atoms. The van der Waals surface area contributed by atoms with E-state index in [0.29, 0.717) is 12.4 Å². The number of nitrogens with two attached hydrogens (primary N) is 1. The Hall–Kier alpha value is -3.18. The Balaban J connectivity index is 1.90. The number of halogens is 6. The minimum absolute atomic E-state index is 0.109. The van der Waals surface area contributed by atoms with Gasteiger partial charge in [0.2, 0.25) is 5.78 Å². The van der Waals surface area contributed by atoms with Gasteiger partial charge in [-0.05, 0) is 24.6 Å². The predicted molar refractivity (Wildman–Crippen MR) is 91.3 cm³/mol. The van der Waals surface area contributed by atoms with Gasteiger partial charge in [-0.2, -0.15) is 22.0 Å². The molecule has 0 saturated heterocycles. The number of ether oxygens (including phenoxy) is 1. The third kappa shape index (κ3) is 3.94. The quantitative estimate of drug-likeness (QED) is 0.592. The van der Waals surface area contributed by atoms with Crippen LogP contribution in [0.3, 0.4) is 0 Å². The average Bonchev–Trinajstić information content (AvgIpc) is 2.66. The summed E-state index contributed by atoms with van der Waals surface area (Å²) in [4.78, 5) is 22.6. The number of aromatic nitrogens is 2. The Morgan fingerprint density at radius 2 is 1.87 bits per heavy atom. The molecule has 0 fully saturated rings. The van der Waals surface area contributed by atoms with Crippen molar-refractivity contribution in [3.8, 4) is 0 Å². The maximum Gasteiger partial charge on any atom is 0.419 e. The lowest BCUT2D eigenvalue weighted by molar-refractivity contribution is -0.138. The number of ketones is 1. The lowest BCUT2D eigenvalue weighted by Crippen LogP contribution is -2.51. The van der Waals surface area contributed by atoms with Gasteiger partial charge in [0.25, 0.3) is 6.02 Å². The number of hydrogen-bond acceptors (Lipinski definition) is 6. The number of hydrogen-bond donors (Lipinski definition) is 1. The Labute approximate surface area is 165 Å². The van der Waals surface area contributed by atoms with Crippen LogP contribution in [-0.2, 0) is 22.9 Å². The Kier molecular flexibility index (Phi) is 5.21. The summed E-state index contributed by atoms with van der Waals surface area (Å²) < 4.78 is 85.5. The molecule has 1 atom stereocenters. The average molecular weight is 432 g/mol. The molecule has 2 heterocycles. The van der Waals surface area contributed by atoms with Crippen molar-refractivity contribution >= 4 is 11.8 Å². The van der Waals surface area contributed by atoms with Crippen LogP contribution < -0.4 is 5.73 Å². The number of nitrogens with zero attached hydrogens (tertiary/aromatic N) is 3. The van der Waals surface area contributed by atoms with E-state index in [0.717, 1.165) is 19.1 Å². The third-order valence-corrected chi connectivity index (χ3v) is 4.60. The van der Waals surface area contributed by atoms with Crippen LogP contribution in [0.1, 0.15) is 34.2 Å². The summed E-state index contributed by atoms with van der Waals surface area (Å²) in [5.74, 6) is -5.89. The molecule has 0 unspecified atom stereocenters. The first-order chi connectivity index (χ1) is 13.8. The molecule has 0 aliphatic carbocycles. The summed E-state index contributed by atoms with van der Waals surface area (Å²) >= 11 is 0. The number of carbonyl (C=O) groups is 1. The molecule has 0 radical (unpaired) electrons. The van der Waals surface area contributed by atoms with Crippen LogP contribution in [-0.4, -0.2) is 34.3 Å². The Bertz CT molecular complexity index is 1010. The number of alkyl halides is 5. The normalized spacial score (nSPS) is 21.0. The first-order valence-electron chi connectivity index (χ1n) is 8.41. The van der Waals surface area contributed by atoms with E-state index in [9.17, 15) is 31.1 Å². The van der Waals surface area contributed by atoms with E-state index in [4.69, 9.17) is 5.73 Å². The van der Waals surface area contributed by atoms with Crippen molar-refractivity contribution in [1.82, 2.24) is 9.97 Å². The highest BCUT2D eigenvalue weighted by Crippen LogP contribution is 2.44. The van der Waals surface area contributed by atoms with Gasteiger partial charge in [-0.25, -0.2) is 19.4 Å². The van der Waals surface area contributed by atoms with E-state index >= 15 is 0 Å². The van der Waals surface area contributed by atoms with Gasteiger partial charge < -0.3 is 10.5 Å². The van der Waals surface area contributed by atoms with Crippen LogP contribution in [0.2, 0.25) is 0 Å². The van der Waals surface area contributed by atoms with Gasteiger partial charge >= 0.3 is 12.1 Å². The highest BCUT2D eigenvalue weighted by molar-refractivity contribution is 5.94. The maximum absolute atomic E-state index is 14.5. The maximum atomic E-state index is 14.5. The summed E-state index contributed by atoms with van der Waals surface area (Å²) in [5, 5.41) is 0. The fourth-order valence-electron chi connectivity index (χ4n) is 2.84. The van der Waals surface area contributed by atoms with E-state index in [2.05, 4.69) is 19.7 Å². The first kappa shape index (κ1) is 21.5. The smallest absolute Gasteiger partial charge is 0.419 e. The monoisotopic (exact) mass is 432 g/mol. The van der Waals surface area contributed by atoms with Crippen LogP contribution in [0.4, 0.5) is 26.3 Å². The Morgan fingerprint density at radius 3 is 2.47 bits per heavy atom. The van der Waals surface area contributed by atoms with Crippen molar-refractivity contribution in [2.24, 2.45) is 10.7 Å². The van der Waals surface area contributed by atoms with E-state index < -0.39 is 65.2 Å². The fraction of sp³-hybridized carbons (Fsp3) is 0.333. The van der Waals surface area contributed by atoms with Crippen molar-refractivity contribution < 1.29 is 35.9 Å². The van der Waals surface area contributed by atoms with Crippen LogP contribution in [0.15, 0.2) is 35.6 Å². The molecular formula is C18H14F6N4O2. The number of amidine groups is 1. The molecule has 160 valence electrons. The van der Waals surface area contributed by atoms with E-state index in [1.807, 2.05) is 0 Å².